The zero-order chi connectivity index (χ0) is 19.6. The van der Waals surface area contributed by atoms with Gasteiger partial charge >= 0.3 is 6.09 Å². The Morgan fingerprint density at radius 3 is 2.39 bits per heavy atom. The van der Waals surface area contributed by atoms with Crippen molar-refractivity contribution in [3.05, 3.63) is 29.3 Å². The van der Waals surface area contributed by atoms with E-state index in [2.05, 4.69) is 17.0 Å². The molecule has 0 spiro atoms. The van der Waals surface area contributed by atoms with Gasteiger partial charge in [0.2, 0.25) is 0 Å². The van der Waals surface area contributed by atoms with E-state index in [4.69, 9.17) is 9.57 Å². The molecule has 1 saturated carbocycles. The summed E-state index contributed by atoms with van der Waals surface area (Å²) in [5.74, 6) is -1.53. The van der Waals surface area contributed by atoms with Crippen LogP contribution >= 0.6 is 0 Å². The summed E-state index contributed by atoms with van der Waals surface area (Å²) in [4.78, 5) is 46.2. The van der Waals surface area contributed by atoms with Gasteiger partial charge in [0.05, 0.1) is 25.0 Å². The molecule has 5 rings (SSSR count). The average molecular weight is 385 g/mol. The van der Waals surface area contributed by atoms with Crippen LogP contribution in [0.5, 0.6) is 0 Å². The molecule has 0 aromatic heterocycles. The van der Waals surface area contributed by atoms with Crippen molar-refractivity contribution in [2.24, 2.45) is 17.3 Å². The fourth-order valence-electron chi connectivity index (χ4n) is 4.67. The summed E-state index contributed by atoms with van der Waals surface area (Å²) >= 11 is 0. The highest BCUT2D eigenvalue weighted by molar-refractivity contribution is 6.09. The van der Waals surface area contributed by atoms with Gasteiger partial charge < -0.3 is 14.5 Å². The molecule has 2 saturated heterocycles. The zero-order valence-corrected chi connectivity index (χ0v) is 16.0. The van der Waals surface area contributed by atoms with E-state index >= 15 is 0 Å². The van der Waals surface area contributed by atoms with Crippen molar-refractivity contribution >= 4 is 23.6 Å². The predicted octanol–water partition coefficient (Wildman–Crippen LogP) is 1.53. The molecule has 4 aliphatic rings. The Labute approximate surface area is 162 Å². The Balaban J connectivity index is 1.25. The van der Waals surface area contributed by atoms with Crippen molar-refractivity contribution in [3.63, 3.8) is 0 Å². The maximum absolute atomic E-state index is 12.6. The molecule has 2 unspecified atom stereocenters. The number of nitrogens with zero attached hydrogens (tertiary/aromatic N) is 3. The van der Waals surface area contributed by atoms with Crippen LogP contribution in [-0.2, 0) is 32.3 Å². The first-order valence-corrected chi connectivity index (χ1v) is 9.67. The molecule has 3 amide bonds. The van der Waals surface area contributed by atoms with E-state index in [0.717, 1.165) is 29.9 Å². The molecule has 2 atom stereocenters. The minimum atomic E-state index is -0.662. The third kappa shape index (κ3) is 2.51. The second kappa shape index (κ2) is 5.94. The predicted molar refractivity (Wildman–Crippen MR) is 97.8 cm³/mol. The number of carbonyl (C=O) groups is 3. The zero-order valence-electron chi connectivity index (χ0n) is 16.0. The Bertz CT molecular complexity index is 853. The fraction of sp³-hybridized carbons (Fsp3) is 0.550. The number of hydrogen-bond donors (Lipinski definition) is 0. The fourth-order valence-corrected chi connectivity index (χ4v) is 4.67. The second-order valence-electron chi connectivity index (χ2n) is 8.51. The average Bonchev–Trinajstić information content (AvgIpc) is 2.96. The van der Waals surface area contributed by atoms with Gasteiger partial charge in [-0.25, -0.2) is 4.79 Å². The van der Waals surface area contributed by atoms with E-state index in [1.54, 1.807) is 0 Å². The van der Waals surface area contributed by atoms with Gasteiger partial charge in [0.25, 0.3) is 11.8 Å². The van der Waals surface area contributed by atoms with Crippen LogP contribution in [-0.4, -0.2) is 54.2 Å². The van der Waals surface area contributed by atoms with Crippen molar-refractivity contribution in [1.82, 2.24) is 9.96 Å². The number of rotatable bonds is 2. The van der Waals surface area contributed by atoms with Crippen molar-refractivity contribution in [2.45, 2.75) is 26.9 Å². The van der Waals surface area contributed by atoms with E-state index in [1.807, 2.05) is 19.9 Å². The lowest BCUT2D eigenvalue weighted by molar-refractivity contribution is -0.179. The highest BCUT2D eigenvalue weighted by Gasteiger charge is 2.74. The summed E-state index contributed by atoms with van der Waals surface area (Å²) in [6, 6.07) is 6.18. The molecule has 3 heterocycles. The largest absolute Gasteiger partial charge is 0.435 e. The first-order chi connectivity index (χ1) is 13.4. The third-order valence-electron chi connectivity index (χ3n) is 6.48. The number of ether oxygens (including phenoxy) is 1. The van der Waals surface area contributed by atoms with Crippen molar-refractivity contribution in [3.8, 4) is 0 Å². The number of fused-ring (bicyclic) bond motifs is 2. The van der Waals surface area contributed by atoms with Gasteiger partial charge in [-0.3, -0.25) is 14.5 Å². The number of piperidine rings is 1. The monoisotopic (exact) mass is 385 g/mol. The van der Waals surface area contributed by atoms with E-state index in [9.17, 15) is 14.4 Å². The molecule has 1 aromatic carbocycles. The third-order valence-corrected chi connectivity index (χ3v) is 6.48. The Kier molecular flexibility index (Phi) is 3.71. The minimum Gasteiger partial charge on any atom is -0.378 e. The van der Waals surface area contributed by atoms with Crippen LogP contribution < -0.4 is 4.90 Å². The molecule has 3 fully saturated rings. The van der Waals surface area contributed by atoms with Crippen molar-refractivity contribution in [1.29, 1.82) is 0 Å². The van der Waals surface area contributed by atoms with Crippen molar-refractivity contribution in [2.75, 3.05) is 31.2 Å². The Morgan fingerprint density at radius 1 is 1.07 bits per heavy atom. The maximum Gasteiger partial charge on any atom is 0.435 e. The van der Waals surface area contributed by atoms with Gasteiger partial charge in [0.1, 0.15) is 0 Å². The van der Waals surface area contributed by atoms with Gasteiger partial charge in [-0.05, 0) is 28.7 Å². The van der Waals surface area contributed by atoms with E-state index in [1.165, 1.54) is 4.90 Å². The number of carbonyl (C=O) groups excluding carboxylic acids is 3. The number of anilines is 1. The van der Waals surface area contributed by atoms with Crippen LogP contribution in [0.2, 0.25) is 0 Å². The van der Waals surface area contributed by atoms with E-state index in [-0.39, 0.29) is 17.3 Å². The van der Waals surface area contributed by atoms with Gasteiger partial charge in [0, 0.05) is 31.9 Å². The van der Waals surface area contributed by atoms with Gasteiger partial charge in [0.15, 0.2) is 0 Å². The summed E-state index contributed by atoms with van der Waals surface area (Å²) < 4.78 is 5.40. The van der Waals surface area contributed by atoms with Crippen LogP contribution in [0.4, 0.5) is 10.5 Å². The van der Waals surface area contributed by atoms with Crippen LogP contribution in [0, 0.1) is 17.3 Å². The van der Waals surface area contributed by atoms with Crippen LogP contribution in [0.1, 0.15) is 25.0 Å². The summed E-state index contributed by atoms with van der Waals surface area (Å²) in [5.41, 5.74) is 2.90. The molecule has 8 heteroatoms. The molecule has 3 aliphatic heterocycles. The maximum atomic E-state index is 12.6. The topological polar surface area (TPSA) is 79.4 Å². The normalized spacial score (nSPS) is 27.7. The number of benzene rings is 1. The molecule has 1 aliphatic carbocycles. The molecule has 148 valence electrons. The lowest BCUT2D eigenvalue weighted by atomic mass is 10.1. The number of hydrogen-bond acceptors (Lipinski definition) is 6. The number of morpholine rings is 1. The Morgan fingerprint density at radius 2 is 1.71 bits per heavy atom. The molecule has 28 heavy (non-hydrogen) atoms. The number of hydroxylamine groups is 2. The molecular formula is C20H23N3O5. The van der Waals surface area contributed by atoms with E-state index < -0.39 is 17.9 Å². The number of amides is 3. The molecule has 0 bridgehead atoms. The highest BCUT2D eigenvalue weighted by atomic mass is 16.7. The first kappa shape index (κ1) is 17.5. The second-order valence-corrected chi connectivity index (χ2v) is 8.51. The van der Waals surface area contributed by atoms with E-state index in [0.29, 0.717) is 31.4 Å². The lowest BCUT2D eigenvalue weighted by Crippen LogP contribution is -2.41. The summed E-state index contributed by atoms with van der Waals surface area (Å²) in [5, 5.41) is 0.672. The summed E-state index contributed by atoms with van der Waals surface area (Å²) in [7, 11) is 0. The molecule has 0 N–H and O–H groups in total. The van der Waals surface area contributed by atoms with Crippen molar-refractivity contribution < 1.29 is 24.0 Å². The quantitative estimate of drug-likeness (QED) is 0.719. The lowest BCUT2D eigenvalue weighted by Gasteiger charge is -2.29. The van der Waals surface area contributed by atoms with Gasteiger partial charge in [-0.1, -0.05) is 19.9 Å². The van der Waals surface area contributed by atoms with Gasteiger partial charge in [-0.2, -0.15) is 0 Å². The SMILES string of the molecule is CC1(C)C2C(=O)N(OC(=O)N3Cc4ccc(N5CCOCC5)cc4C3)C(=O)C21. The first-order valence-electron chi connectivity index (χ1n) is 9.67. The van der Waals surface area contributed by atoms with Crippen LogP contribution in [0.15, 0.2) is 18.2 Å². The molecule has 8 nitrogen and oxygen atoms in total. The molecular weight excluding hydrogens is 362 g/mol. The summed E-state index contributed by atoms with van der Waals surface area (Å²) in [6.07, 6.45) is -0.662. The molecule has 1 aromatic rings. The highest BCUT2D eigenvalue weighted by Crippen LogP contribution is 2.63. The summed E-state index contributed by atoms with van der Waals surface area (Å²) in [6.45, 7) is 7.72. The standard InChI is InChI=1S/C20H23N3O5/c1-20(2)15-16(20)18(25)23(17(15)24)28-19(26)22-10-12-3-4-14(9-13(12)11-22)21-5-7-27-8-6-21/h3-4,9,15-16H,5-8,10-11H2,1-2H3. The molecule has 0 radical (unpaired) electrons. The Hall–Kier alpha value is -2.61. The minimum absolute atomic E-state index is 0.323. The van der Waals surface area contributed by atoms with Gasteiger partial charge in [-0.15, -0.1) is 5.06 Å². The van der Waals surface area contributed by atoms with Crippen LogP contribution in [0.25, 0.3) is 0 Å². The smallest absolute Gasteiger partial charge is 0.378 e. The number of imide groups is 1. The van der Waals surface area contributed by atoms with Crippen LogP contribution in [0.3, 0.4) is 0 Å².